The van der Waals surface area contributed by atoms with Crippen LogP contribution >= 0.6 is 35.0 Å². The number of carboxylic acids is 2. The molecule has 0 aliphatic rings. The first-order valence-corrected chi connectivity index (χ1v) is 11.8. The molecule has 0 aliphatic heterocycles. The lowest BCUT2D eigenvalue weighted by Crippen LogP contribution is -2.45. The molecule has 0 bridgehead atoms. The van der Waals surface area contributed by atoms with Crippen LogP contribution in [0.1, 0.15) is 20.7 Å². The van der Waals surface area contributed by atoms with Gasteiger partial charge >= 0.3 is 11.9 Å². The van der Waals surface area contributed by atoms with Crippen LogP contribution in [-0.2, 0) is 9.59 Å². The summed E-state index contributed by atoms with van der Waals surface area (Å²) in [6.45, 7) is 0. The lowest BCUT2D eigenvalue weighted by atomic mass is 10.1. The maximum absolute atomic E-state index is 12.8. The maximum Gasteiger partial charge on any atom is 0.327 e. The first-order valence-electron chi connectivity index (χ1n) is 9.90. The Balaban J connectivity index is 2.06. The fraction of sp³-hybridized carbons (Fsp3) is 0.273. The molecule has 10 nitrogen and oxygen atoms in total. The SMILES string of the molecule is COc1cccc(OC)c1C(=O)N[C@@H](CSC[C@@H](NC(=O)c1c(Cl)cccc1Cl)C(=O)O)C(=O)O. The van der Waals surface area contributed by atoms with E-state index in [2.05, 4.69) is 10.6 Å². The average Bonchev–Trinajstić information content (AvgIpc) is 2.81. The monoisotopic (exact) mass is 544 g/mol. The van der Waals surface area contributed by atoms with Gasteiger partial charge in [0.25, 0.3) is 11.8 Å². The van der Waals surface area contributed by atoms with E-state index in [-0.39, 0.29) is 44.2 Å². The number of aliphatic carboxylic acids is 2. The van der Waals surface area contributed by atoms with E-state index >= 15 is 0 Å². The predicted octanol–water partition coefficient (Wildman–Crippen LogP) is 2.81. The molecule has 0 saturated carbocycles. The van der Waals surface area contributed by atoms with E-state index in [1.165, 1.54) is 44.6 Å². The number of rotatable bonds is 12. The second kappa shape index (κ2) is 13.1. The van der Waals surface area contributed by atoms with Gasteiger partial charge in [0.05, 0.1) is 29.8 Å². The van der Waals surface area contributed by atoms with Gasteiger partial charge in [0.1, 0.15) is 29.1 Å². The summed E-state index contributed by atoms with van der Waals surface area (Å²) >= 11 is 12.9. The van der Waals surface area contributed by atoms with Crippen LogP contribution in [0.3, 0.4) is 0 Å². The van der Waals surface area contributed by atoms with Gasteiger partial charge < -0.3 is 30.3 Å². The molecule has 0 aliphatic carbocycles. The van der Waals surface area contributed by atoms with Crippen LogP contribution in [-0.4, -0.2) is 71.8 Å². The molecule has 0 spiro atoms. The highest BCUT2D eigenvalue weighted by atomic mass is 35.5. The van der Waals surface area contributed by atoms with Gasteiger partial charge in [-0.05, 0) is 24.3 Å². The van der Waals surface area contributed by atoms with Crippen molar-refractivity contribution in [2.75, 3.05) is 25.7 Å². The minimum absolute atomic E-state index is 0.0149. The number of carbonyl (C=O) groups is 4. The molecule has 0 saturated heterocycles. The summed E-state index contributed by atoms with van der Waals surface area (Å²) < 4.78 is 10.3. The first-order chi connectivity index (χ1) is 16.6. The van der Waals surface area contributed by atoms with E-state index in [1.807, 2.05) is 0 Å². The smallest absolute Gasteiger partial charge is 0.327 e. The topological polar surface area (TPSA) is 151 Å². The van der Waals surface area contributed by atoms with E-state index in [9.17, 15) is 29.4 Å². The zero-order chi connectivity index (χ0) is 26.1. The van der Waals surface area contributed by atoms with Crippen molar-refractivity contribution in [3.8, 4) is 11.5 Å². The Labute approximate surface area is 214 Å². The normalized spacial score (nSPS) is 12.2. The number of thioether (sulfide) groups is 1. The molecule has 188 valence electrons. The third-order valence-electron chi connectivity index (χ3n) is 4.62. The fourth-order valence-electron chi connectivity index (χ4n) is 2.90. The van der Waals surface area contributed by atoms with E-state index in [1.54, 1.807) is 6.07 Å². The summed E-state index contributed by atoms with van der Waals surface area (Å²) in [5.41, 5.74) is -0.0606. The van der Waals surface area contributed by atoms with Gasteiger partial charge in [-0.3, -0.25) is 9.59 Å². The number of benzene rings is 2. The predicted molar refractivity (Wildman–Crippen MR) is 131 cm³/mol. The highest BCUT2D eigenvalue weighted by Crippen LogP contribution is 2.28. The molecule has 0 unspecified atom stereocenters. The van der Waals surface area contributed by atoms with Crippen LogP contribution in [0.4, 0.5) is 0 Å². The number of carbonyl (C=O) groups excluding carboxylic acids is 2. The molecule has 13 heteroatoms. The van der Waals surface area contributed by atoms with Gasteiger partial charge in [0.2, 0.25) is 0 Å². The van der Waals surface area contributed by atoms with E-state index in [0.29, 0.717) is 0 Å². The Morgan fingerprint density at radius 2 is 1.20 bits per heavy atom. The van der Waals surface area contributed by atoms with Gasteiger partial charge in [0.15, 0.2) is 0 Å². The van der Waals surface area contributed by atoms with Crippen molar-refractivity contribution in [3.05, 3.63) is 57.6 Å². The molecule has 0 aromatic heterocycles. The lowest BCUT2D eigenvalue weighted by molar-refractivity contribution is -0.139. The summed E-state index contributed by atoms with van der Waals surface area (Å²) in [6.07, 6.45) is 0. The van der Waals surface area contributed by atoms with Crippen molar-refractivity contribution in [2.24, 2.45) is 0 Å². The Hall–Kier alpha value is -3.15. The summed E-state index contributed by atoms with van der Waals surface area (Å²) in [7, 11) is 2.71. The standard InChI is InChI=1S/C22H22Cl2N2O8S/c1-33-15-7-4-8-16(34-2)18(15)20(28)26-14(22(31)32)10-35-9-13(21(29)30)25-19(27)17-11(23)5-3-6-12(17)24/h3-8,13-14H,9-10H2,1-2H3,(H,25,27)(H,26,28)(H,29,30)(H,31,32)/t13-,14+/m1/s1. The van der Waals surface area contributed by atoms with Gasteiger partial charge in [-0.1, -0.05) is 35.3 Å². The Kier molecular flexibility index (Phi) is 10.5. The van der Waals surface area contributed by atoms with E-state index in [0.717, 1.165) is 11.8 Å². The van der Waals surface area contributed by atoms with Gasteiger partial charge in [0, 0.05) is 11.5 Å². The third kappa shape index (κ3) is 7.41. The molecule has 4 N–H and O–H groups in total. The van der Waals surface area contributed by atoms with Crippen LogP contribution in [0.5, 0.6) is 11.5 Å². The van der Waals surface area contributed by atoms with E-state index in [4.69, 9.17) is 32.7 Å². The molecule has 2 amide bonds. The number of methoxy groups -OCH3 is 2. The van der Waals surface area contributed by atoms with Crippen LogP contribution in [0.2, 0.25) is 10.0 Å². The molecule has 35 heavy (non-hydrogen) atoms. The quantitative estimate of drug-likeness (QED) is 0.316. The number of nitrogens with one attached hydrogen (secondary N) is 2. The third-order valence-corrected chi connectivity index (χ3v) is 6.39. The average molecular weight is 545 g/mol. The second-order valence-electron chi connectivity index (χ2n) is 6.90. The van der Waals surface area contributed by atoms with Crippen molar-refractivity contribution < 1.29 is 38.9 Å². The van der Waals surface area contributed by atoms with Crippen molar-refractivity contribution in [3.63, 3.8) is 0 Å². The van der Waals surface area contributed by atoms with Crippen molar-refractivity contribution >= 4 is 58.7 Å². The van der Waals surface area contributed by atoms with Gasteiger partial charge in [-0.2, -0.15) is 11.8 Å². The van der Waals surface area contributed by atoms with Crippen LogP contribution in [0.25, 0.3) is 0 Å². The molecule has 2 aromatic rings. The van der Waals surface area contributed by atoms with Crippen molar-refractivity contribution in [2.45, 2.75) is 12.1 Å². The molecule has 0 radical (unpaired) electrons. The van der Waals surface area contributed by atoms with Gasteiger partial charge in [-0.25, -0.2) is 9.59 Å². The van der Waals surface area contributed by atoms with Gasteiger partial charge in [-0.15, -0.1) is 0 Å². The number of hydrogen-bond donors (Lipinski definition) is 4. The summed E-state index contributed by atoms with van der Waals surface area (Å²) in [4.78, 5) is 48.6. The lowest BCUT2D eigenvalue weighted by Gasteiger charge is -2.19. The first kappa shape index (κ1) is 28.1. The number of amides is 2. The molecule has 2 rings (SSSR count). The minimum atomic E-state index is -1.38. The number of ether oxygens (including phenoxy) is 2. The summed E-state index contributed by atoms with van der Waals surface area (Å²) in [5, 5.41) is 23.8. The van der Waals surface area contributed by atoms with Crippen LogP contribution in [0, 0.1) is 0 Å². The zero-order valence-corrected chi connectivity index (χ0v) is 20.9. The van der Waals surface area contributed by atoms with E-state index < -0.39 is 35.8 Å². The molecular formula is C22H22Cl2N2O8S. The number of hydrogen-bond acceptors (Lipinski definition) is 7. The maximum atomic E-state index is 12.8. The molecule has 0 fully saturated rings. The Morgan fingerprint density at radius 1 is 0.800 bits per heavy atom. The Bertz CT molecular complexity index is 1070. The van der Waals surface area contributed by atoms with Crippen molar-refractivity contribution in [1.29, 1.82) is 0 Å². The summed E-state index contributed by atoms with van der Waals surface area (Å²) in [6, 6.07) is 6.31. The highest BCUT2D eigenvalue weighted by molar-refractivity contribution is 7.99. The molecule has 0 heterocycles. The molecule has 2 aromatic carbocycles. The highest BCUT2D eigenvalue weighted by Gasteiger charge is 2.27. The van der Waals surface area contributed by atoms with Crippen LogP contribution < -0.4 is 20.1 Å². The number of carboxylic acid groups (broad SMARTS) is 2. The zero-order valence-electron chi connectivity index (χ0n) is 18.5. The minimum Gasteiger partial charge on any atom is -0.496 e. The second-order valence-corrected chi connectivity index (χ2v) is 8.79. The molecular weight excluding hydrogens is 523 g/mol. The van der Waals surface area contributed by atoms with Crippen LogP contribution in [0.15, 0.2) is 36.4 Å². The molecule has 2 atom stereocenters. The fourth-order valence-corrected chi connectivity index (χ4v) is 4.53. The Morgan fingerprint density at radius 3 is 1.60 bits per heavy atom. The summed E-state index contributed by atoms with van der Waals surface area (Å²) in [5.74, 6) is -4.23. The number of halogens is 2. The van der Waals surface area contributed by atoms with Crippen molar-refractivity contribution in [1.82, 2.24) is 10.6 Å². The largest absolute Gasteiger partial charge is 0.496 e.